The minimum Gasteiger partial charge on any atom is -0.477 e. The molecular weight excluding hydrogens is 340 g/mol. The van der Waals surface area contributed by atoms with Crippen molar-refractivity contribution in [1.82, 2.24) is 14.4 Å². The van der Waals surface area contributed by atoms with Crippen LogP contribution in [0.15, 0.2) is 72.7 Å². The molecule has 0 unspecified atom stereocenters. The molecule has 0 amide bonds. The van der Waals surface area contributed by atoms with E-state index in [1.807, 2.05) is 32.1 Å². The molecule has 3 rings (SSSR count). The number of aryl methyl sites for hydroxylation is 1. The standard InChI is InChI=1S/C21H20N4O2/c1-4-7-17(8-5-2)18-20(26)24-10-6-9-15(3)19(24)25(21(18)27)13-16-11-22-14-23-12-16/h4-12,14H,1,13H2,2-3H3/p+1/b8-5-,17-7+. The van der Waals surface area contributed by atoms with Crippen LogP contribution in [0.3, 0.4) is 0 Å². The largest absolute Gasteiger partial charge is 0.477 e. The number of nitrogens with zero attached hydrogens (tertiary/aromatic N) is 4. The average molecular weight is 361 g/mol. The molecule has 0 aliphatic rings. The predicted molar refractivity (Wildman–Crippen MR) is 104 cm³/mol. The van der Waals surface area contributed by atoms with Crippen LogP contribution in [-0.2, 0) is 6.54 Å². The quantitative estimate of drug-likeness (QED) is 0.560. The summed E-state index contributed by atoms with van der Waals surface area (Å²) in [5.41, 5.74) is 2.81. The molecular formula is C21H21N4O2+. The van der Waals surface area contributed by atoms with Gasteiger partial charge in [0.25, 0.3) is 11.5 Å². The summed E-state index contributed by atoms with van der Waals surface area (Å²) >= 11 is 0. The fourth-order valence-electron chi connectivity index (χ4n) is 3.09. The lowest BCUT2D eigenvalue weighted by Crippen LogP contribution is -2.42. The highest BCUT2D eigenvalue weighted by atomic mass is 16.3. The van der Waals surface area contributed by atoms with Crippen molar-refractivity contribution in [1.29, 1.82) is 0 Å². The lowest BCUT2D eigenvalue weighted by atomic mass is 10.1. The Bertz CT molecular complexity index is 1110. The van der Waals surface area contributed by atoms with Crippen LogP contribution in [0.2, 0.25) is 0 Å². The molecule has 3 heterocycles. The van der Waals surface area contributed by atoms with Crippen molar-refractivity contribution >= 4 is 11.2 Å². The summed E-state index contributed by atoms with van der Waals surface area (Å²) in [5, 5.41) is 11.1. The van der Waals surface area contributed by atoms with E-state index in [1.165, 1.54) is 6.33 Å². The van der Waals surface area contributed by atoms with Crippen LogP contribution in [0.1, 0.15) is 23.6 Å². The zero-order valence-corrected chi connectivity index (χ0v) is 15.3. The van der Waals surface area contributed by atoms with Crippen molar-refractivity contribution in [3.63, 3.8) is 0 Å². The van der Waals surface area contributed by atoms with Crippen LogP contribution >= 0.6 is 0 Å². The summed E-state index contributed by atoms with van der Waals surface area (Å²) < 4.78 is 3.25. The van der Waals surface area contributed by atoms with Gasteiger partial charge in [-0.2, -0.15) is 8.97 Å². The number of allylic oxidation sites excluding steroid dienone is 5. The maximum Gasteiger partial charge on any atom is 0.354 e. The molecule has 0 aliphatic heterocycles. The first kappa shape index (κ1) is 18.3. The van der Waals surface area contributed by atoms with Gasteiger partial charge in [-0.05, 0) is 31.6 Å². The summed E-state index contributed by atoms with van der Waals surface area (Å²) in [4.78, 5) is 21.2. The van der Waals surface area contributed by atoms with Crippen molar-refractivity contribution in [3.8, 4) is 5.88 Å². The van der Waals surface area contributed by atoms with Gasteiger partial charge in [0.2, 0.25) is 0 Å². The second-order valence-electron chi connectivity index (χ2n) is 6.08. The molecule has 0 radical (unpaired) electrons. The highest BCUT2D eigenvalue weighted by Gasteiger charge is 2.26. The Morgan fingerprint density at radius 1 is 1.37 bits per heavy atom. The van der Waals surface area contributed by atoms with E-state index in [1.54, 1.807) is 45.8 Å². The smallest absolute Gasteiger partial charge is 0.354 e. The summed E-state index contributed by atoms with van der Waals surface area (Å²) in [6.45, 7) is 7.79. The Labute approximate surface area is 157 Å². The summed E-state index contributed by atoms with van der Waals surface area (Å²) in [5.74, 6) is -0.107. The van der Waals surface area contributed by atoms with E-state index in [9.17, 15) is 9.90 Å². The number of pyridine rings is 1. The third-order valence-corrected chi connectivity index (χ3v) is 4.22. The highest BCUT2D eigenvalue weighted by Crippen LogP contribution is 2.22. The summed E-state index contributed by atoms with van der Waals surface area (Å²) in [6.07, 6.45) is 13.4. The van der Waals surface area contributed by atoms with Crippen LogP contribution in [0.5, 0.6) is 5.88 Å². The minimum atomic E-state index is -0.294. The molecule has 0 atom stereocenters. The Morgan fingerprint density at radius 2 is 2.11 bits per heavy atom. The third-order valence-electron chi connectivity index (χ3n) is 4.22. The van der Waals surface area contributed by atoms with Gasteiger partial charge in [0.1, 0.15) is 12.9 Å². The molecule has 3 aromatic heterocycles. The van der Waals surface area contributed by atoms with Crippen LogP contribution < -0.4 is 10.1 Å². The normalized spacial score (nSPS) is 12.0. The molecule has 1 N–H and O–H groups in total. The van der Waals surface area contributed by atoms with Crippen LogP contribution in [0.4, 0.5) is 0 Å². The van der Waals surface area contributed by atoms with Crippen molar-refractivity contribution < 1.29 is 9.67 Å². The van der Waals surface area contributed by atoms with E-state index < -0.39 is 0 Å². The van der Waals surface area contributed by atoms with Crippen molar-refractivity contribution in [2.24, 2.45) is 0 Å². The fraction of sp³-hybridized carbons (Fsp3) is 0.143. The van der Waals surface area contributed by atoms with Gasteiger partial charge in [0.05, 0.1) is 6.20 Å². The van der Waals surface area contributed by atoms with E-state index in [0.717, 1.165) is 11.1 Å². The molecule has 0 aromatic carbocycles. The van der Waals surface area contributed by atoms with Gasteiger partial charge in [-0.15, -0.1) is 0 Å². The van der Waals surface area contributed by atoms with Crippen molar-refractivity contribution in [3.05, 3.63) is 95.0 Å². The van der Waals surface area contributed by atoms with E-state index in [-0.39, 0.29) is 17.0 Å². The zero-order chi connectivity index (χ0) is 19.4. The molecule has 0 fully saturated rings. The van der Waals surface area contributed by atoms with Gasteiger partial charge < -0.3 is 5.11 Å². The second-order valence-corrected chi connectivity index (χ2v) is 6.08. The highest BCUT2D eigenvalue weighted by molar-refractivity contribution is 5.77. The molecule has 6 nitrogen and oxygen atoms in total. The Morgan fingerprint density at radius 3 is 2.78 bits per heavy atom. The number of rotatable bonds is 5. The first-order chi connectivity index (χ1) is 13.1. The average Bonchev–Trinajstić information content (AvgIpc) is 2.66. The van der Waals surface area contributed by atoms with E-state index >= 15 is 0 Å². The Hall–Kier alpha value is -3.54. The van der Waals surface area contributed by atoms with Gasteiger partial charge >= 0.3 is 5.56 Å². The lowest BCUT2D eigenvalue weighted by Gasteiger charge is -2.11. The van der Waals surface area contributed by atoms with Crippen LogP contribution in [-0.4, -0.2) is 19.5 Å². The first-order valence-corrected chi connectivity index (χ1v) is 8.55. The third kappa shape index (κ3) is 3.42. The molecule has 136 valence electrons. The van der Waals surface area contributed by atoms with E-state index in [0.29, 0.717) is 17.8 Å². The monoisotopic (exact) mass is 361 g/mol. The number of fused-ring (bicyclic) bond motifs is 1. The predicted octanol–water partition coefficient (Wildman–Crippen LogP) is 2.58. The summed E-state index contributed by atoms with van der Waals surface area (Å²) in [7, 11) is 0. The molecule has 0 spiro atoms. The van der Waals surface area contributed by atoms with Crippen molar-refractivity contribution in [2.45, 2.75) is 20.4 Å². The Balaban J connectivity index is 2.41. The number of aromatic nitrogens is 4. The number of hydrogen-bond donors (Lipinski definition) is 1. The topological polar surface area (TPSA) is 71.4 Å². The summed E-state index contributed by atoms with van der Waals surface area (Å²) in [6, 6.07) is 3.71. The molecule has 3 aromatic rings. The molecule has 27 heavy (non-hydrogen) atoms. The molecule has 0 bridgehead atoms. The lowest BCUT2D eigenvalue weighted by molar-refractivity contribution is -0.672. The fourth-order valence-corrected chi connectivity index (χ4v) is 3.09. The van der Waals surface area contributed by atoms with Crippen molar-refractivity contribution in [2.75, 3.05) is 0 Å². The van der Waals surface area contributed by atoms with Gasteiger partial charge in [0, 0.05) is 23.5 Å². The van der Waals surface area contributed by atoms with E-state index in [2.05, 4.69) is 16.5 Å². The zero-order valence-electron chi connectivity index (χ0n) is 15.3. The van der Waals surface area contributed by atoms with Crippen LogP contribution in [0, 0.1) is 6.92 Å². The SMILES string of the molecule is C=C/C=C(\C=C/C)c1c(O)[n+](Cc2cncnc2)c2c(C)cccn2c1=O. The molecule has 0 saturated carbocycles. The molecule has 0 aliphatic carbocycles. The van der Waals surface area contributed by atoms with E-state index in [4.69, 9.17) is 0 Å². The molecule has 6 heteroatoms. The first-order valence-electron chi connectivity index (χ1n) is 8.55. The maximum absolute atomic E-state index is 13.2. The molecule has 0 saturated heterocycles. The number of hydrogen-bond acceptors (Lipinski definition) is 4. The maximum atomic E-state index is 13.2. The van der Waals surface area contributed by atoms with Gasteiger partial charge in [-0.25, -0.2) is 14.8 Å². The number of aromatic hydroxyl groups is 1. The second kappa shape index (κ2) is 7.78. The minimum absolute atomic E-state index is 0.107. The van der Waals surface area contributed by atoms with Gasteiger partial charge in [0.15, 0.2) is 5.56 Å². The van der Waals surface area contributed by atoms with Gasteiger partial charge in [-0.3, -0.25) is 0 Å². The van der Waals surface area contributed by atoms with Gasteiger partial charge in [-0.1, -0.05) is 30.9 Å². The van der Waals surface area contributed by atoms with Crippen LogP contribution in [0.25, 0.3) is 11.2 Å². The Kier molecular flexibility index (Phi) is 5.26.